The number of piperazine rings is 1. The summed E-state index contributed by atoms with van der Waals surface area (Å²) in [6, 6.07) is 3.07. The minimum atomic E-state index is -0.736. The molecule has 1 aliphatic carbocycles. The van der Waals surface area contributed by atoms with Crippen LogP contribution in [0.5, 0.6) is 17.2 Å². The Kier molecular flexibility index (Phi) is 9.15. The zero-order chi connectivity index (χ0) is 26.4. The zero-order valence-corrected chi connectivity index (χ0v) is 22.4. The highest BCUT2D eigenvalue weighted by molar-refractivity contribution is 5.95. The minimum Gasteiger partial charge on any atom is -0.493 e. The standard InChI is InChI=1S/C27H40N4O6/c1-5-37-26(32)23-20(17-30-11-13-31(14-12-30)19-9-7-6-8-10-19)28-27(33)29-24(23)18-15-21(34-2)25(36-4)22(16-18)35-3/h15-16,19,24H,5-14,17H2,1-4H3,(H2,28,29,33)/t24-/m0/s1. The quantitative estimate of drug-likeness (QED) is 0.483. The van der Waals surface area contributed by atoms with E-state index in [1.54, 1.807) is 19.1 Å². The molecule has 1 saturated carbocycles. The van der Waals surface area contributed by atoms with Gasteiger partial charge in [0.25, 0.3) is 0 Å². The lowest BCUT2D eigenvalue weighted by Crippen LogP contribution is -2.53. The fourth-order valence-electron chi connectivity index (χ4n) is 5.67. The van der Waals surface area contributed by atoms with Gasteiger partial charge in [-0.05, 0) is 37.5 Å². The van der Waals surface area contributed by atoms with Crippen molar-refractivity contribution in [3.63, 3.8) is 0 Å². The van der Waals surface area contributed by atoms with Gasteiger partial charge in [-0.25, -0.2) is 9.59 Å². The monoisotopic (exact) mass is 516 g/mol. The number of methoxy groups -OCH3 is 3. The molecule has 0 aromatic heterocycles. The van der Waals surface area contributed by atoms with Crippen molar-refractivity contribution in [2.45, 2.75) is 51.1 Å². The van der Waals surface area contributed by atoms with Gasteiger partial charge in [0.05, 0.1) is 39.6 Å². The number of amides is 2. The molecule has 3 aliphatic rings. The van der Waals surface area contributed by atoms with Crippen molar-refractivity contribution < 1.29 is 28.5 Å². The summed E-state index contributed by atoms with van der Waals surface area (Å²) in [6.07, 6.45) is 6.57. The first-order chi connectivity index (χ1) is 18.0. The fourth-order valence-corrected chi connectivity index (χ4v) is 5.67. The van der Waals surface area contributed by atoms with E-state index < -0.39 is 12.0 Å². The molecule has 2 amide bonds. The van der Waals surface area contributed by atoms with Crippen molar-refractivity contribution in [1.29, 1.82) is 0 Å². The van der Waals surface area contributed by atoms with Crippen molar-refractivity contribution in [3.8, 4) is 17.2 Å². The lowest BCUT2D eigenvalue weighted by molar-refractivity contribution is -0.139. The van der Waals surface area contributed by atoms with Crippen molar-refractivity contribution in [2.75, 3.05) is 60.7 Å². The van der Waals surface area contributed by atoms with E-state index in [1.807, 2.05) is 0 Å². The molecule has 1 atom stereocenters. The summed E-state index contributed by atoms with van der Waals surface area (Å²) in [5, 5.41) is 5.79. The summed E-state index contributed by atoms with van der Waals surface area (Å²) in [6.45, 7) is 6.21. The predicted octanol–water partition coefficient (Wildman–Crippen LogP) is 2.83. The molecule has 2 heterocycles. The van der Waals surface area contributed by atoms with Crippen molar-refractivity contribution in [2.24, 2.45) is 0 Å². The molecule has 2 N–H and O–H groups in total. The molecule has 2 fully saturated rings. The highest BCUT2D eigenvalue weighted by Crippen LogP contribution is 2.41. The van der Waals surface area contributed by atoms with E-state index in [1.165, 1.54) is 53.4 Å². The normalized spacial score (nSPS) is 21.7. The summed E-state index contributed by atoms with van der Waals surface area (Å²) >= 11 is 0. The van der Waals surface area contributed by atoms with Crippen LogP contribution in [-0.2, 0) is 9.53 Å². The van der Waals surface area contributed by atoms with E-state index >= 15 is 0 Å². The molecule has 37 heavy (non-hydrogen) atoms. The molecule has 0 bridgehead atoms. The van der Waals surface area contributed by atoms with Gasteiger partial charge in [0.2, 0.25) is 5.75 Å². The Bertz CT molecular complexity index is 974. The number of hydrogen-bond donors (Lipinski definition) is 2. The largest absolute Gasteiger partial charge is 0.493 e. The van der Waals surface area contributed by atoms with Gasteiger partial charge in [-0.3, -0.25) is 9.80 Å². The Morgan fingerprint density at radius 1 is 0.973 bits per heavy atom. The minimum absolute atomic E-state index is 0.228. The molecule has 0 unspecified atom stereocenters. The number of rotatable bonds is 9. The second-order valence-electron chi connectivity index (χ2n) is 9.71. The van der Waals surface area contributed by atoms with Gasteiger partial charge in [-0.15, -0.1) is 0 Å². The maximum atomic E-state index is 13.2. The number of urea groups is 1. The molecular weight excluding hydrogens is 476 g/mol. The third-order valence-electron chi connectivity index (χ3n) is 7.55. The zero-order valence-electron chi connectivity index (χ0n) is 22.4. The summed E-state index contributed by atoms with van der Waals surface area (Å²) in [7, 11) is 4.59. The molecule has 1 aromatic carbocycles. The van der Waals surface area contributed by atoms with Crippen molar-refractivity contribution in [1.82, 2.24) is 20.4 Å². The van der Waals surface area contributed by atoms with Crippen LogP contribution in [0.4, 0.5) is 4.79 Å². The van der Waals surface area contributed by atoms with Crippen LogP contribution in [0.25, 0.3) is 0 Å². The summed E-state index contributed by atoms with van der Waals surface area (Å²) < 4.78 is 21.9. The number of nitrogens with one attached hydrogen (secondary N) is 2. The van der Waals surface area contributed by atoms with Gasteiger partial charge in [-0.2, -0.15) is 0 Å². The Morgan fingerprint density at radius 3 is 2.19 bits per heavy atom. The van der Waals surface area contributed by atoms with Crippen LogP contribution in [0.2, 0.25) is 0 Å². The molecule has 0 radical (unpaired) electrons. The molecule has 2 aliphatic heterocycles. The second-order valence-corrected chi connectivity index (χ2v) is 9.71. The van der Waals surface area contributed by atoms with E-state index in [0.717, 1.165) is 26.2 Å². The number of nitrogens with zero attached hydrogens (tertiary/aromatic N) is 2. The first-order valence-corrected chi connectivity index (χ1v) is 13.2. The molecule has 4 rings (SSSR count). The third kappa shape index (κ3) is 6.13. The maximum absolute atomic E-state index is 13.2. The molecule has 10 heteroatoms. The van der Waals surface area contributed by atoms with Crippen LogP contribution in [0, 0.1) is 0 Å². The van der Waals surface area contributed by atoms with Gasteiger partial charge in [0.1, 0.15) is 0 Å². The number of benzene rings is 1. The Morgan fingerprint density at radius 2 is 1.62 bits per heavy atom. The van der Waals surface area contributed by atoms with Crippen LogP contribution in [-0.4, -0.2) is 88.5 Å². The number of hydrogen-bond acceptors (Lipinski definition) is 8. The molecule has 10 nitrogen and oxygen atoms in total. The third-order valence-corrected chi connectivity index (χ3v) is 7.55. The van der Waals surface area contributed by atoms with E-state index in [9.17, 15) is 9.59 Å². The number of carbonyl (C=O) groups excluding carboxylic acids is 2. The number of esters is 1. The van der Waals surface area contributed by atoms with E-state index in [-0.39, 0.29) is 12.6 Å². The highest BCUT2D eigenvalue weighted by atomic mass is 16.5. The maximum Gasteiger partial charge on any atom is 0.338 e. The van der Waals surface area contributed by atoms with Crippen LogP contribution in [0.1, 0.15) is 50.6 Å². The SMILES string of the molecule is CCOC(=O)C1=C(CN2CCN(C3CCCCC3)CC2)NC(=O)N[C@H]1c1cc(OC)c(OC)c(OC)c1. The summed E-state index contributed by atoms with van der Waals surface area (Å²) in [5.74, 6) is 0.845. The van der Waals surface area contributed by atoms with Crippen LogP contribution >= 0.6 is 0 Å². The molecule has 0 spiro atoms. The van der Waals surface area contributed by atoms with Gasteiger partial charge in [0, 0.05) is 44.5 Å². The number of ether oxygens (including phenoxy) is 4. The lowest BCUT2D eigenvalue weighted by Gasteiger charge is -2.41. The molecule has 1 saturated heterocycles. The smallest absolute Gasteiger partial charge is 0.338 e. The molecular formula is C27H40N4O6. The number of carbonyl (C=O) groups is 2. The van der Waals surface area contributed by atoms with E-state index in [4.69, 9.17) is 18.9 Å². The van der Waals surface area contributed by atoms with Crippen LogP contribution in [0.3, 0.4) is 0 Å². The van der Waals surface area contributed by atoms with Gasteiger partial charge < -0.3 is 29.6 Å². The van der Waals surface area contributed by atoms with Gasteiger partial charge in [0.15, 0.2) is 11.5 Å². The lowest BCUT2D eigenvalue weighted by atomic mass is 9.93. The highest BCUT2D eigenvalue weighted by Gasteiger charge is 2.36. The molecule has 204 valence electrons. The summed E-state index contributed by atoms with van der Waals surface area (Å²) in [4.78, 5) is 30.9. The Balaban J connectivity index is 1.61. The van der Waals surface area contributed by atoms with Crippen molar-refractivity contribution in [3.05, 3.63) is 29.0 Å². The molecule has 1 aromatic rings. The second kappa shape index (κ2) is 12.5. The predicted molar refractivity (Wildman–Crippen MR) is 139 cm³/mol. The van der Waals surface area contributed by atoms with Gasteiger partial charge in [-0.1, -0.05) is 19.3 Å². The first kappa shape index (κ1) is 27.1. The van der Waals surface area contributed by atoms with Crippen LogP contribution < -0.4 is 24.8 Å². The van der Waals surface area contributed by atoms with E-state index in [2.05, 4.69) is 20.4 Å². The first-order valence-electron chi connectivity index (χ1n) is 13.2. The topological polar surface area (TPSA) is 102 Å². The average molecular weight is 517 g/mol. The van der Waals surface area contributed by atoms with Crippen molar-refractivity contribution >= 4 is 12.0 Å². The summed E-state index contributed by atoms with van der Waals surface area (Å²) in [5.41, 5.74) is 1.57. The van der Waals surface area contributed by atoms with Gasteiger partial charge >= 0.3 is 12.0 Å². The fraction of sp³-hybridized carbons (Fsp3) is 0.630. The Hall–Kier alpha value is -2.98. The van der Waals surface area contributed by atoms with Crippen LogP contribution in [0.15, 0.2) is 23.4 Å². The Labute approximate surface area is 219 Å². The average Bonchev–Trinajstić information content (AvgIpc) is 2.92. The van der Waals surface area contributed by atoms with E-state index in [0.29, 0.717) is 46.7 Å².